The van der Waals surface area contributed by atoms with E-state index in [2.05, 4.69) is 29.6 Å². The first kappa shape index (κ1) is 17.8. The van der Waals surface area contributed by atoms with Crippen LogP contribution in [0.15, 0.2) is 30.3 Å². The second-order valence-electron chi connectivity index (χ2n) is 6.67. The average molecular weight is 319 g/mol. The summed E-state index contributed by atoms with van der Waals surface area (Å²) in [6.07, 6.45) is 4.99. The molecule has 23 heavy (non-hydrogen) atoms. The first-order valence-electron chi connectivity index (χ1n) is 8.46. The highest BCUT2D eigenvalue weighted by Gasteiger charge is 2.25. The Morgan fingerprint density at radius 3 is 2.70 bits per heavy atom. The first-order valence-corrected chi connectivity index (χ1v) is 8.46. The number of carbonyl (C=O) groups excluding carboxylic acids is 1. The molecule has 3 N–H and O–H groups in total. The van der Waals surface area contributed by atoms with Crippen LogP contribution in [0.3, 0.4) is 0 Å². The second-order valence-corrected chi connectivity index (χ2v) is 6.67. The summed E-state index contributed by atoms with van der Waals surface area (Å²) < 4.78 is 0. The number of carbonyl (C=O) groups is 1. The highest BCUT2D eigenvalue weighted by Crippen LogP contribution is 2.21. The minimum Gasteiger partial charge on any atom is -0.394 e. The summed E-state index contributed by atoms with van der Waals surface area (Å²) in [5.41, 5.74) is 1.11. The lowest BCUT2D eigenvalue weighted by atomic mass is 9.90. The molecule has 0 heterocycles. The van der Waals surface area contributed by atoms with Crippen molar-refractivity contribution in [1.29, 1.82) is 0 Å². The maximum absolute atomic E-state index is 12.2. The van der Waals surface area contributed by atoms with E-state index in [-0.39, 0.29) is 24.7 Å². The summed E-state index contributed by atoms with van der Waals surface area (Å²) in [5, 5.41) is 15.5. The van der Waals surface area contributed by atoms with Gasteiger partial charge in [-0.05, 0) is 51.8 Å². The van der Waals surface area contributed by atoms with Gasteiger partial charge < -0.3 is 20.6 Å². The molecule has 1 fully saturated rings. The molecule has 128 valence electrons. The molecule has 1 saturated carbocycles. The second kappa shape index (κ2) is 8.89. The van der Waals surface area contributed by atoms with E-state index in [1.165, 1.54) is 6.42 Å². The Balaban J connectivity index is 1.80. The van der Waals surface area contributed by atoms with E-state index in [1.807, 2.05) is 30.3 Å². The number of aliphatic hydroxyl groups is 1. The van der Waals surface area contributed by atoms with Gasteiger partial charge in [0.05, 0.1) is 12.6 Å². The Labute approximate surface area is 139 Å². The van der Waals surface area contributed by atoms with Crippen molar-refractivity contribution in [3.63, 3.8) is 0 Å². The van der Waals surface area contributed by atoms with Gasteiger partial charge >= 0.3 is 6.03 Å². The minimum atomic E-state index is -0.259. The van der Waals surface area contributed by atoms with Gasteiger partial charge in [0.25, 0.3) is 0 Å². The van der Waals surface area contributed by atoms with Gasteiger partial charge in [-0.15, -0.1) is 0 Å². The Morgan fingerprint density at radius 2 is 2.04 bits per heavy atom. The number of rotatable bonds is 6. The largest absolute Gasteiger partial charge is 0.394 e. The third-order valence-electron chi connectivity index (χ3n) is 4.59. The van der Waals surface area contributed by atoms with Crippen LogP contribution in [-0.2, 0) is 6.42 Å². The molecular weight excluding hydrogens is 290 g/mol. The molecule has 0 aliphatic heterocycles. The zero-order chi connectivity index (χ0) is 16.7. The highest BCUT2D eigenvalue weighted by atomic mass is 16.3. The molecule has 1 aliphatic rings. The van der Waals surface area contributed by atoms with Gasteiger partial charge in [-0.1, -0.05) is 30.3 Å². The molecule has 0 saturated heterocycles. The molecule has 0 radical (unpaired) electrons. The van der Waals surface area contributed by atoms with E-state index in [9.17, 15) is 9.90 Å². The van der Waals surface area contributed by atoms with Crippen LogP contribution in [0.2, 0.25) is 0 Å². The van der Waals surface area contributed by atoms with Gasteiger partial charge in [0, 0.05) is 12.1 Å². The number of hydrogen-bond acceptors (Lipinski definition) is 3. The summed E-state index contributed by atoms with van der Waals surface area (Å²) in [7, 11) is 4.18. The summed E-state index contributed by atoms with van der Waals surface area (Å²) in [6.45, 7) is -0.0622. The van der Waals surface area contributed by atoms with Crippen LogP contribution < -0.4 is 10.6 Å². The number of aliphatic hydroxyl groups excluding tert-OH is 1. The molecule has 0 spiro atoms. The van der Waals surface area contributed by atoms with Crippen LogP contribution in [0.1, 0.15) is 31.2 Å². The predicted octanol–water partition coefficient (Wildman–Crippen LogP) is 1.76. The Hall–Kier alpha value is -1.59. The zero-order valence-corrected chi connectivity index (χ0v) is 14.2. The van der Waals surface area contributed by atoms with E-state index in [1.54, 1.807) is 0 Å². The van der Waals surface area contributed by atoms with Gasteiger partial charge in [0.2, 0.25) is 0 Å². The minimum absolute atomic E-state index is 0.0622. The Kier molecular flexibility index (Phi) is 6.86. The van der Waals surface area contributed by atoms with E-state index in [0.29, 0.717) is 12.5 Å². The van der Waals surface area contributed by atoms with Crippen molar-refractivity contribution in [2.75, 3.05) is 20.7 Å². The average Bonchev–Trinajstić information content (AvgIpc) is 2.55. The standard InChI is InChI=1S/C18H29N3O2/c1-21(2)17-10-6-9-15(12-17)19-18(23)20-16(13-22)11-14-7-4-3-5-8-14/h3-5,7-8,15-17,22H,6,9-13H2,1-2H3,(H2,19,20,23)/t15-,16+,17+/m1/s1. The molecule has 1 aromatic rings. The topological polar surface area (TPSA) is 64.6 Å². The van der Waals surface area contributed by atoms with Crippen molar-refractivity contribution in [1.82, 2.24) is 15.5 Å². The number of hydrogen-bond donors (Lipinski definition) is 3. The van der Waals surface area contributed by atoms with Crippen molar-refractivity contribution < 1.29 is 9.90 Å². The summed E-state index contributed by atoms with van der Waals surface area (Å²) in [4.78, 5) is 14.4. The molecule has 1 aromatic carbocycles. The molecule has 1 aliphatic carbocycles. The fourth-order valence-corrected chi connectivity index (χ4v) is 3.24. The third-order valence-corrected chi connectivity index (χ3v) is 4.59. The monoisotopic (exact) mass is 319 g/mol. The molecule has 2 amide bonds. The number of benzene rings is 1. The Morgan fingerprint density at radius 1 is 1.30 bits per heavy atom. The van der Waals surface area contributed by atoms with Gasteiger partial charge in [-0.2, -0.15) is 0 Å². The van der Waals surface area contributed by atoms with Crippen LogP contribution in [-0.4, -0.2) is 54.9 Å². The highest BCUT2D eigenvalue weighted by molar-refractivity contribution is 5.74. The van der Waals surface area contributed by atoms with E-state index >= 15 is 0 Å². The predicted molar refractivity (Wildman–Crippen MR) is 92.4 cm³/mol. The fourth-order valence-electron chi connectivity index (χ4n) is 3.24. The van der Waals surface area contributed by atoms with Crippen LogP contribution >= 0.6 is 0 Å². The van der Waals surface area contributed by atoms with Crippen molar-refractivity contribution in [3.05, 3.63) is 35.9 Å². The molecule has 5 nitrogen and oxygen atoms in total. The van der Waals surface area contributed by atoms with Crippen LogP contribution in [0, 0.1) is 0 Å². The van der Waals surface area contributed by atoms with Crippen molar-refractivity contribution in [2.24, 2.45) is 0 Å². The maximum Gasteiger partial charge on any atom is 0.315 e. The summed E-state index contributed by atoms with van der Waals surface area (Å²) in [5.74, 6) is 0. The molecule has 0 aromatic heterocycles. The van der Waals surface area contributed by atoms with Crippen LogP contribution in [0.4, 0.5) is 4.79 Å². The van der Waals surface area contributed by atoms with E-state index in [0.717, 1.165) is 24.8 Å². The van der Waals surface area contributed by atoms with Crippen LogP contribution in [0.25, 0.3) is 0 Å². The van der Waals surface area contributed by atoms with Crippen molar-refractivity contribution in [2.45, 2.75) is 50.2 Å². The van der Waals surface area contributed by atoms with E-state index < -0.39 is 0 Å². The van der Waals surface area contributed by atoms with Gasteiger partial charge in [-0.25, -0.2) is 4.79 Å². The first-order chi connectivity index (χ1) is 11.1. The number of urea groups is 1. The SMILES string of the molecule is CN(C)[C@H]1CCC[C@@H](NC(=O)N[C@H](CO)Cc2ccccc2)C1. The third kappa shape index (κ3) is 5.84. The fraction of sp³-hybridized carbons (Fsp3) is 0.611. The smallest absolute Gasteiger partial charge is 0.315 e. The molecule has 3 atom stereocenters. The Bertz CT molecular complexity index is 478. The summed E-state index contributed by atoms with van der Waals surface area (Å²) >= 11 is 0. The summed E-state index contributed by atoms with van der Waals surface area (Å²) in [6, 6.07) is 10.2. The van der Waals surface area contributed by atoms with Gasteiger partial charge in [0.15, 0.2) is 0 Å². The number of amides is 2. The molecule has 5 heteroatoms. The van der Waals surface area contributed by atoms with Crippen LogP contribution in [0.5, 0.6) is 0 Å². The van der Waals surface area contributed by atoms with Crippen molar-refractivity contribution >= 4 is 6.03 Å². The molecule has 2 rings (SSSR count). The lowest BCUT2D eigenvalue weighted by molar-refractivity contribution is 0.187. The maximum atomic E-state index is 12.2. The molecule has 0 bridgehead atoms. The lowest BCUT2D eigenvalue weighted by Crippen LogP contribution is -2.50. The van der Waals surface area contributed by atoms with E-state index in [4.69, 9.17) is 0 Å². The normalized spacial score (nSPS) is 22.6. The number of nitrogens with one attached hydrogen (secondary N) is 2. The van der Waals surface area contributed by atoms with Crippen molar-refractivity contribution in [3.8, 4) is 0 Å². The van der Waals surface area contributed by atoms with Gasteiger partial charge in [0.1, 0.15) is 0 Å². The number of nitrogens with zero attached hydrogens (tertiary/aromatic N) is 1. The zero-order valence-electron chi connectivity index (χ0n) is 14.2. The molecular formula is C18H29N3O2. The van der Waals surface area contributed by atoms with Gasteiger partial charge in [-0.3, -0.25) is 0 Å². The lowest BCUT2D eigenvalue weighted by Gasteiger charge is -2.34. The molecule has 0 unspecified atom stereocenters. The quantitative estimate of drug-likeness (QED) is 0.749.